The van der Waals surface area contributed by atoms with Crippen molar-refractivity contribution in [2.75, 3.05) is 13.1 Å². The smallest absolute Gasteiger partial charge is 0.265 e. The van der Waals surface area contributed by atoms with E-state index in [9.17, 15) is 8.78 Å². The van der Waals surface area contributed by atoms with Gasteiger partial charge in [-0.1, -0.05) is 24.3 Å². The van der Waals surface area contributed by atoms with Gasteiger partial charge in [0.2, 0.25) is 0 Å². The average molecular weight is 277 g/mol. The van der Waals surface area contributed by atoms with E-state index in [1.165, 1.54) is 0 Å². The van der Waals surface area contributed by atoms with Crippen molar-refractivity contribution in [3.05, 3.63) is 42.2 Å². The number of benzene rings is 1. The molecule has 1 aromatic carbocycles. The monoisotopic (exact) mass is 277 g/mol. The van der Waals surface area contributed by atoms with Crippen molar-refractivity contribution in [2.45, 2.75) is 24.9 Å². The summed E-state index contributed by atoms with van der Waals surface area (Å²) in [4.78, 5) is 6.20. The lowest BCUT2D eigenvalue weighted by Gasteiger charge is -2.36. The standard InChI is InChI=1S/C15H17F2N3/c16-15(17)5-6-20(10-14(15)18)9-12-8-19-7-11-3-1-2-4-13(11)12/h1-4,7-8,14H,5-6,9-10,18H2/t14-/m0/s1. The van der Waals surface area contributed by atoms with Crippen LogP contribution in [-0.4, -0.2) is 34.9 Å². The first-order chi connectivity index (χ1) is 9.56. The molecule has 1 fully saturated rings. The zero-order chi connectivity index (χ0) is 14.2. The minimum atomic E-state index is -2.74. The normalized spacial score (nSPS) is 23.1. The molecule has 0 saturated carbocycles. The molecular formula is C15H17F2N3. The van der Waals surface area contributed by atoms with Crippen LogP contribution in [0.5, 0.6) is 0 Å². The molecule has 0 bridgehead atoms. The van der Waals surface area contributed by atoms with Crippen molar-refractivity contribution in [1.29, 1.82) is 0 Å². The molecule has 1 aliphatic heterocycles. The van der Waals surface area contributed by atoms with Crippen molar-refractivity contribution < 1.29 is 8.78 Å². The zero-order valence-corrected chi connectivity index (χ0v) is 11.1. The van der Waals surface area contributed by atoms with Crippen LogP contribution in [0.1, 0.15) is 12.0 Å². The number of hydrogen-bond acceptors (Lipinski definition) is 3. The molecule has 2 N–H and O–H groups in total. The maximum absolute atomic E-state index is 13.4. The van der Waals surface area contributed by atoms with Crippen LogP contribution >= 0.6 is 0 Å². The summed E-state index contributed by atoms with van der Waals surface area (Å²) in [6.07, 6.45) is 3.45. The summed E-state index contributed by atoms with van der Waals surface area (Å²) in [6.45, 7) is 1.19. The summed E-state index contributed by atoms with van der Waals surface area (Å²) in [5.74, 6) is -2.74. The number of pyridine rings is 1. The molecule has 5 heteroatoms. The molecular weight excluding hydrogens is 260 g/mol. The minimum absolute atomic E-state index is 0.174. The second kappa shape index (κ2) is 5.07. The van der Waals surface area contributed by atoms with Crippen LogP contribution in [0.25, 0.3) is 10.8 Å². The number of piperidine rings is 1. The quantitative estimate of drug-likeness (QED) is 0.916. The molecule has 2 heterocycles. The second-order valence-electron chi connectivity index (χ2n) is 5.37. The van der Waals surface area contributed by atoms with Crippen molar-refractivity contribution in [3.63, 3.8) is 0 Å². The van der Waals surface area contributed by atoms with E-state index in [1.807, 2.05) is 35.4 Å². The molecule has 1 saturated heterocycles. The summed E-state index contributed by atoms with van der Waals surface area (Å²) in [5.41, 5.74) is 6.62. The maximum Gasteiger partial charge on any atom is 0.265 e. The molecule has 2 aromatic rings. The van der Waals surface area contributed by atoms with E-state index in [0.29, 0.717) is 13.1 Å². The predicted molar refractivity (Wildman–Crippen MR) is 74.6 cm³/mol. The van der Waals surface area contributed by atoms with Gasteiger partial charge in [0.15, 0.2) is 0 Å². The van der Waals surface area contributed by atoms with Crippen LogP contribution in [0, 0.1) is 0 Å². The third kappa shape index (κ3) is 2.51. The van der Waals surface area contributed by atoms with Gasteiger partial charge < -0.3 is 5.73 Å². The van der Waals surface area contributed by atoms with E-state index in [4.69, 9.17) is 5.73 Å². The first-order valence-electron chi connectivity index (χ1n) is 6.74. The van der Waals surface area contributed by atoms with Crippen molar-refractivity contribution in [1.82, 2.24) is 9.88 Å². The lowest BCUT2D eigenvalue weighted by Crippen LogP contribution is -2.54. The van der Waals surface area contributed by atoms with Gasteiger partial charge in [0.1, 0.15) is 0 Å². The van der Waals surface area contributed by atoms with Crippen molar-refractivity contribution in [3.8, 4) is 0 Å². The fraction of sp³-hybridized carbons (Fsp3) is 0.400. The molecule has 0 aliphatic carbocycles. The Labute approximate surface area is 116 Å². The van der Waals surface area contributed by atoms with Gasteiger partial charge in [0, 0.05) is 43.8 Å². The number of likely N-dealkylation sites (tertiary alicyclic amines) is 1. The van der Waals surface area contributed by atoms with E-state index in [0.717, 1.165) is 16.3 Å². The second-order valence-corrected chi connectivity index (χ2v) is 5.37. The minimum Gasteiger partial charge on any atom is -0.322 e. The van der Waals surface area contributed by atoms with Crippen LogP contribution < -0.4 is 5.73 Å². The highest BCUT2D eigenvalue weighted by Crippen LogP contribution is 2.28. The summed E-state index contributed by atoms with van der Waals surface area (Å²) >= 11 is 0. The summed E-state index contributed by atoms with van der Waals surface area (Å²) in [5, 5.41) is 2.19. The molecule has 1 aromatic heterocycles. The Morgan fingerprint density at radius 2 is 2.10 bits per heavy atom. The van der Waals surface area contributed by atoms with Gasteiger partial charge in [-0.15, -0.1) is 0 Å². The topological polar surface area (TPSA) is 42.1 Å². The van der Waals surface area contributed by atoms with Gasteiger partial charge >= 0.3 is 0 Å². The number of fused-ring (bicyclic) bond motifs is 1. The first-order valence-corrected chi connectivity index (χ1v) is 6.74. The lowest BCUT2D eigenvalue weighted by molar-refractivity contribution is -0.0738. The molecule has 1 atom stereocenters. The Hall–Kier alpha value is -1.59. The van der Waals surface area contributed by atoms with E-state index in [-0.39, 0.29) is 13.0 Å². The molecule has 20 heavy (non-hydrogen) atoms. The van der Waals surface area contributed by atoms with Gasteiger partial charge in [-0.2, -0.15) is 0 Å². The van der Waals surface area contributed by atoms with Crippen molar-refractivity contribution >= 4 is 10.8 Å². The first kappa shape index (κ1) is 13.4. The number of nitrogens with two attached hydrogens (primary N) is 1. The Morgan fingerprint density at radius 3 is 2.90 bits per heavy atom. The Morgan fingerprint density at radius 1 is 1.30 bits per heavy atom. The van der Waals surface area contributed by atoms with Gasteiger partial charge in [0.05, 0.1) is 6.04 Å². The highest BCUT2D eigenvalue weighted by molar-refractivity contribution is 5.84. The number of aromatic nitrogens is 1. The van der Waals surface area contributed by atoms with E-state index < -0.39 is 12.0 Å². The fourth-order valence-electron chi connectivity index (χ4n) is 2.69. The van der Waals surface area contributed by atoms with Crippen LogP contribution in [-0.2, 0) is 6.54 Å². The largest absolute Gasteiger partial charge is 0.322 e. The zero-order valence-electron chi connectivity index (χ0n) is 11.1. The predicted octanol–water partition coefficient (Wildman–Crippen LogP) is 2.40. The van der Waals surface area contributed by atoms with Crippen LogP contribution in [0.4, 0.5) is 8.78 Å². The van der Waals surface area contributed by atoms with E-state index in [1.54, 1.807) is 6.20 Å². The Bertz CT molecular complexity index is 610. The molecule has 0 amide bonds. The van der Waals surface area contributed by atoms with Crippen molar-refractivity contribution in [2.24, 2.45) is 5.73 Å². The number of alkyl halides is 2. The molecule has 3 nitrogen and oxygen atoms in total. The van der Waals surface area contributed by atoms with Gasteiger partial charge in [-0.25, -0.2) is 8.78 Å². The van der Waals surface area contributed by atoms with Gasteiger partial charge in [-0.3, -0.25) is 9.88 Å². The molecule has 1 aliphatic rings. The van der Waals surface area contributed by atoms with E-state index in [2.05, 4.69) is 4.98 Å². The third-order valence-electron chi connectivity index (χ3n) is 3.90. The molecule has 3 rings (SSSR count). The lowest BCUT2D eigenvalue weighted by atomic mass is 10.0. The number of nitrogens with zero attached hydrogens (tertiary/aromatic N) is 2. The maximum atomic E-state index is 13.4. The third-order valence-corrected chi connectivity index (χ3v) is 3.90. The number of rotatable bonds is 2. The Kier molecular flexibility index (Phi) is 3.40. The summed E-state index contributed by atoms with van der Waals surface area (Å²) < 4.78 is 26.8. The van der Waals surface area contributed by atoms with Crippen LogP contribution in [0.15, 0.2) is 36.7 Å². The van der Waals surface area contributed by atoms with Gasteiger partial charge in [-0.05, 0) is 10.9 Å². The van der Waals surface area contributed by atoms with Crippen LogP contribution in [0.2, 0.25) is 0 Å². The fourth-order valence-corrected chi connectivity index (χ4v) is 2.69. The summed E-state index contributed by atoms with van der Waals surface area (Å²) in [7, 11) is 0. The molecule has 0 radical (unpaired) electrons. The van der Waals surface area contributed by atoms with E-state index >= 15 is 0 Å². The Balaban J connectivity index is 1.81. The number of halogens is 2. The highest BCUT2D eigenvalue weighted by atomic mass is 19.3. The SMILES string of the molecule is N[C@H]1CN(Cc2cncc3ccccc23)CCC1(F)F. The van der Waals surface area contributed by atoms with Gasteiger partial charge in [0.25, 0.3) is 5.92 Å². The number of hydrogen-bond donors (Lipinski definition) is 1. The van der Waals surface area contributed by atoms with Crippen LogP contribution in [0.3, 0.4) is 0 Å². The summed E-state index contributed by atoms with van der Waals surface area (Å²) in [6, 6.07) is 6.89. The molecule has 0 spiro atoms. The molecule has 106 valence electrons. The molecule has 0 unspecified atom stereocenters. The highest BCUT2D eigenvalue weighted by Gasteiger charge is 2.41. The average Bonchev–Trinajstić information content (AvgIpc) is 2.44.